The van der Waals surface area contributed by atoms with Crippen LogP contribution in [0.3, 0.4) is 0 Å². The van der Waals surface area contributed by atoms with E-state index in [1.54, 1.807) is 14.2 Å². The minimum absolute atomic E-state index is 0.0370. The third-order valence-corrected chi connectivity index (χ3v) is 4.25. The van der Waals surface area contributed by atoms with E-state index in [0.29, 0.717) is 5.92 Å². The Kier molecular flexibility index (Phi) is 4.60. The van der Waals surface area contributed by atoms with Crippen LogP contribution in [0.15, 0.2) is 0 Å². The van der Waals surface area contributed by atoms with Crippen molar-refractivity contribution in [2.45, 2.75) is 52.7 Å². The Morgan fingerprint density at radius 3 is 1.87 bits per heavy atom. The van der Waals surface area contributed by atoms with Crippen molar-refractivity contribution in [3.05, 3.63) is 0 Å². The van der Waals surface area contributed by atoms with Gasteiger partial charge < -0.3 is 9.47 Å². The summed E-state index contributed by atoms with van der Waals surface area (Å²) >= 11 is 0. The van der Waals surface area contributed by atoms with Gasteiger partial charge >= 0.3 is 0 Å². The van der Waals surface area contributed by atoms with Crippen LogP contribution in [0.5, 0.6) is 0 Å². The Labute approximate surface area is 94.3 Å². The van der Waals surface area contributed by atoms with Gasteiger partial charge in [0.15, 0.2) is 6.29 Å². The van der Waals surface area contributed by atoms with E-state index in [1.807, 2.05) is 0 Å². The molecule has 1 rings (SSSR count). The molecule has 1 aliphatic carbocycles. The van der Waals surface area contributed by atoms with Gasteiger partial charge in [-0.2, -0.15) is 0 Å². The summed E-state index contributed by atoms with van der Waals surface area (Å²) in [6, 6.07) is 0. The zero-order valence-corrected chi connectivity index (χ0v) is 10.9. The SMILES string of the molecule is COC(OC)C1(C(C)C)CCC(C)CC1. The summed E-state index contributed by atoms with van der Waals surface area (Å²) in [5.74, 6) is 1.49. The van der Waals surface area contributed by atoms with Gasteiger partial charge in [-0.1, -0.05) is 20.8 Å². The van der Waals surface area contributed by atoms with Crippen LogP contribution in [0.25, 0.3) is 0 Å². The maximum atomic E-state index is 5.52. The van der Waals surface area contributed by atoms with E-state index in [1.165, 1.54) is 25.7 Å². The quantitative estimate of drug-likeness (QED) is 0.667. The maximum absolute atomic E-state index is 5.52. The van der Waals surface area contributed by atoms with Crippen molar-refractivity contribution in [2.24, 2.45) is 17.3 Å². The Balaban J connectivity index is 2.79. The van der Waals surface area contributed by atoms with Crippen molar-refractivity contribution in [1.29, 1.82) is 0 Å². The molecule has 0 N–H and O–H groups in total. The van der Waals surface area contributed by atoms with Gasteiger partial charge in [-0.3, -0.25) is 0 Å². The van der Waals surface area contributed by atoms with Crippen LogP contribution in [0.4, 0.5) is 0 Å². The second-order valence-corrected chi connectivity index (χ2v) is 5.37. The summed E-state index contributed by atoms with van der Waals surface area (Å²) in [4.78, 5) is 0. The fraction of sp³-hybridized carbons (Fsp3) is 1.00. The molecular formula is C13H26O2. The van der Waals surface area contributed by atoms with Crippen LogP contribution < -0.4 is 0 Å². The second-order valence-electron chi connectivity index (χ2n) is 5.37. The van der Waals surface area contributed by atoms with Gasteiger partial charge in [0.2, 0.25) is 0 Å². The third kappa shape index (κ3) is 2.54. The predicted molar refractivity (Wildman–Crippen MR) is 62.7 cm³/mol. The molecule has 0 radical (unpaired) electrons. The average Bonchev–Trinajstić information content (AvgIpc) is 2.22. The van der Waals surface area contributed by atoms with Crippen molar-refractivity contribution in [3.63, 3.8) is 0 Å². The molecule has 2 nitrogen and oxygen atoms in total. The molecule has 0 spiro atoms. The summed E-state index contributed by atoms with van der Waals surface area (Å²) in [5.41, 5.74) is 0.232. The molecule has 0 aromatic carbocycles. The lowest BCUT2D eigenvalue weighted by atomic mass is 9.64. The van der Waals surface area contributed by atoms with Crippen LogP contribution >= 0.6 is 0 Å². The summed E-state index contributed by atoms with van der Waals surface area (Å²) < 4.78 is 11.0. The molecule has 0 bridgehead atoms. The number of rotatable bonds is 4. The molecule has 90 valence electrons. The lowest BCUT2D eigenvalue weighted by Gasteiger charge is -2.46. The van der Waals surface area contributed by atoms with Crippen molar-refractivity contribution < 1.29 is 9.47 Å². The first-order valence-corrected chi connectivity index (χ1v) is 6.12. The van der Waals surface area contributed by atoms with Crippen LogP contribution in [-0.2, 0) is 9.47 Å². The smallest absolute Gasteiger partial charge is 0.162 e. The Morgan fingerprint density at radius 1 is 1.07 bits per heavy atom. The summed E-state index contributed by atoms with van der Waals surface area (Å²) in [6.45, 7) is 6.93. The van der Waals surface area contributed by atoms with Gasteiger partial charge in [0, 0.05) is 19.6 Å². The van der Waals surface area contributed by atoms with E-state index in [9.17, 15) is 0 Å². The summed E-state index contributed by atoms with van der Waals surface area (Å²) in [6.07, 6.45) is 5.05. The number of hydrogen-bond acceptors (Lipinski definition) is 2. The van der Waals surface area contributed by atoms with E-state index >= 15 is 0 Å². The topological polar surface area (TPSA) is 18.5 Å². The Morgan fingerprint density at radius 2 is 1.53 bits per heavy atom. The average molecular weight is 214 g/mol. The summed E-state index contributed by atoms with van der Waals surface area (Å²) in [5, 5.41) is 0. The van der Waals surface area contributed by atoms with Crippen molar-refractivity contribution in [1.82, 2.24) is 0 Å². The highest BCUT2D eigenvalue weighted by molar-refractivity contribution is 4.90. The van der Waals surface area contributed by atoms with E-state index < -0.39 is 0 Å². The van der Waals surface area contributed by atoms with Crippen molar-refractivity contribution in [3.8, 4) is 0 Å². The molecule has 0 aromatic rings. The molecule has 2 heteroatoms. The summed E-state index contributed by atoms with van der Waals surface area (Å²) in [7, 11) is 3.52. The highest BCUT2D eigenvalue weighted by Gasteiger charge is 2.44. The Bertz CT molecular complexity index is 177. The van der Waals surface area contributed by atoms with Crippen LogP contribution in [0.2, 0.25) is 0 Å². The minimum atomic E-state index is -0.0370. The normalized spacial score (nSPS) is 32.6. The molecule has 0 unspecified atom stereocenters. The molecule has 0 aromatic heterocycles. The molecule has 0 saturated heterocycles. The van der Waals surface area contributed by atoms with E-state index in [4.69, 9.17) is 9.47 Å². The van der Waals surface area contributed by atoms with Crippen molar-refractivity contribution in [2.75, 3.05) is 14.2 Å². The molecule has 0 heterocycles. The molecule has 0 amide bonds. The van der Waals surface area contributed by atoms with Gasteiger partial charge in [-0.15, -0.1) is 0 Å². The van der Waals surface area contributed by atoms with E-state index in [0.717, 1.165) is 5.92 Å². The fourth-order valence-corrected chi connectivity index (χ4v) is 2.95. The van der Waals surface area contributed by atoms with Gasteiger partial charge in [0.05, 0.1) is 0 Å². The lowest BCUT2D eigenvalue weighted by molar-refractivity contribution is -0.206. The van der Waals surface area contributed by atoms with E-state index in [2.05, 4.69) is 20.8 Å². The first kappa shape index (κ1) is 13.0. The fourth-order valence-electron chi connectivity index (χ4n) is 2.95. The van der Waals surface area contributed by atoms with Gasteiger partial charge in [-0.05, 0) is 37.5 Å². The first-order chi connectivity index (χ1) is 7.06. The standard InChI is InChI=1S/C13H26O2/c1-10(2)13(12(14-4)15-5)8-6-11(3)7-9-13/h10-12H,6-9H2,1-5H3. The zero-order chi connectivity index (χ0) is 11.5. The number of ether oxygens (including phenoxy) is 2. The molecule has 0 aliphatic heterocycles. The van der Waals surface area contributed by atoms with Crippen molar-refractivity contribution >= 4 is 0 Å². The predicted octanol–water partition coefficient (Wildman–Crippen LogP) is 3.46. The molecular weight excluding hydrogens is 188 g/mol. The van der Waals surface area contributed by atoms with Crippen LogP contribution in [-0.4, -0.2) is 20.5 Å². The van der Waals surface area contributed by atoms with Gasteiger partial charge in [0.1, 0.15) is 0 Å². The lowest BCUT2D eigenvalue weighted by Crippen LogP contribution is -2.44. The minimum Gasteiger partial charge on any atom is -0.355 e. The molecule has 0 atom stereocenters. The largest absolute Gasteiger partial charge is 0.355 e. The highest BCUT2D eigenvalue weighted by Crippen LogP contribution is 2.47. The second kappa shape index (κ2) is 5.31. The first-order valence-electron chi connectivity index (χ1n) is 6.12. The molecule has 1 fully saturated rings. The monoisotopic (exact) mass is 214 g/mol. The molecule has 15 heavy (non-hydrogen) atoms. The third-order valence-electron chi connectivity index (χ3n) is 4.25. The van der Waals surface area contributed by atoms with Crippen LogP contribution in [0.1, 0.15) is 46.5 Å². The Hall–Kier alpha value is -0.0800. The maximum Gasteiger partial charge on any atom is 0.162 e. The molecule has 1 aliphatic rings. The van der Waals surface area contributed by atoms with Gasteiger partial charge in [0.25, 0.3) is 0 Å². The van der Waals surface area contributed by atoms with E-state index in [-0.39, 0.29) is 11.7 Å². The number of methoxy groups -OCH3 is 2. The van der Waals surface area contributed by atoms with Crippen LogP contribution in [0, 0.1) is 17.3 Å². The molecule has 1 saturated carbocycles. The highest BCUT2D eigenvalue weighted by atomic mass is 16.7. The number of hydrogen-bond donors (Lipinski definition) is 0. The van der Waals surface area contributed by atoms with Gasteiger partial charge in [-0.25, -0.2) is 0 Å². The zero-order valence-electron chi connectivity index (χ0n) is 10.9.